The quantitative estimate of drug-likeness (QED) is 0.703. The highest BCUT2D eigenvalue weighted by Crippen LogP contribution is 2.05. The van der Waals surface area contributed by atoms with E-state index >= 15 is 0 Å². The zero-order valence-electron chi connectivity index (χ0n) is 8.98. The number of para-hydroxylation sites is 1. The summed E-state index contributed by atoms with van der Waals surface area (Å²) in [6.07, 6.45) is 6.51. The van der Waals surface area contributed by atoms with Crippen LogP contribution in [0.2, 0.25) is 0 Å². The summed E-state index contributed by atoms with van der Waals surface area (Å²) < 4.78 is 4.91. The zero-order chi connectivity index (χ0) is 10.9. The van der Waals surface area contributed by atoms with Gasteiger partial charge >= 0.3 is 0 Å². The molecule has 0 spiro atoms. The number of carbonyl (C=O) groups excluding carboxylic acids is 1. The second kappa shape index (κ2) is 6.82. The number of rotatable bonds is 1. The molecule has 1 aromatic rings. The maximum atomic E-state index is 10.4. The average Bonchev–Trinajstić information content (AvgIpc) is 2.32. The predicted octanol–water partition coefficient (Wildman–Crippen LogP) is 2.99. The van der Waals surface area contributed by atoms with Gasteiger partial charge in [-0.15, -0.1) is 0 Å². The van der Waals surface area contributed by atoms with Crippen molar-refractivity contribution in [3.8, 4) is 5.75 Å². The molecule has 1 aliphatic carbocycles. The number of methoxy groups -OCH3 is 1. The summed E-state index contributed by atoms with van der Waals surface area (Å²) >= 11 is 0. The summed E-state index contributed by atoms with van der Waals surface area (Å²) in [6.45, 7) is 0. The first-order valence-electron chi connectivity index (χ1n) is 5.11. The fraction of sp³-hybridized carbons (Fsp3) is 0.308. The molecule has 80 valence electrons. The van der Waals surface area contributed by atoms with Gasteiger partial charge in [-0.05, 0) is 31.1 Å². The van der Waals surface area contributed by atoms with Crippen molar-refractivity contribution in [1.82, 2.24) is 0 Å². The fourth-order valence-electron chi connectivity index (χ4n) is 1.25. The van der Waals surface area contributed by atoms with Gasteiger partial charge in [-0.3, -0.25) is 4.79 Å². The molecule has 15 heavy (non-hydrogen) atoms. The van der Waals surface area contributed by atoms with Gasteiger partial charge in [0.25, 0.3) is 0 Å². The molecule has 0 bridgehead atoms. The van der Waals surface area contributed by atoms with E-state index in [1.165, 1.54) is 0 Å². The Labute approximate surface area is 90.6 Å². The molecule has 2 heteroatoms. The summed E-state index contributed by atoms with van der Waals surface area (Å²) in [7, 11) is 1.66. The Hall–Kier alpha value is -1.57. The molecule has 0 fully saturated rings. The van der Waals surface area contributed by atoms with Crippen LogP contribution in [0.15, 0.2) is 42.5 Å². The molecule has 0 N–H and O–H groups in total. The van der Waals surface area contributed by atoms with E-state index in [0.29, 0.717) is 0 Å². The first-order chi connectivity index (χ1) is 7.33. The van der Waals surface area contributed by atoms with Crippen molar-refractivity contribution in [2.75, 3.05) is 7.11 Å². The highest BCUT2D eigenvalue weighted by Gasteiger charge is 1.98. The maximum absolute atomic E-state index is 10.4. The number of benzene rings is 1. The lowest BCUT2D eigenvalue weighted by molar-refractivity contribution is -0.114. The van der Waals surface area contributed by atoms with E-state index in [9.17, 15) is 4.79 Å². The molecule has 0 saturated carbocycles. The molecule has 1 aromatic carbocycles. The van der Waals surface area contributed by atoms with Crippen molar-refractivity contribution in [3.63, 3.8) is 0 Å². The average molecular weight is 204 g/mol. The van der Waals surface area contributed by atoms with Crippen LogP contribution in [-0.2, 0) is 4.79 Å². The Morgan fingerprint density at radius 3 is 2.27 bits per heavy atom. The van der Waals surface area contributed by atoms with Crippen LogP contribution in [0.5, 0.6) is 5.75 Å². The third-order valence-electron chi connectivity index (χ3n) is 2.08. The number of ether oxygens (including phenoxy) is 1. The Morgan fingerprint density at radius 2 is 1.93 bits per heavy atom. The fourth-order valence-corrected chi connectivity index (χ4v) is 1.25. The van der Waals surface area contributed by atoms with Gasteiger partial charge in [-0.25, -0.2) is 0 Å². The molecule has 0 saturated heterocycles. The smallest absolute Gasteiger partial charge is 0.155 e. The largest absolute Gasteiger partial charge is 0.497 e. The molecule has 0 amide bonds. The van der Waals surface area contributed by atoms with Crippen molar-refractivity contribution >= 4 is 5.78 Å². The second-order valence-electron chi connectivity index (χ2n) is 3.28. The molecule has 0 aromatic heterocycles. The molecule has 0 atom stereocenters. The number of hydrogen-bond donors (Lipinski definition) is 0. The van der Waals surface area contributed by atoms with E-state index in [-0.39, 0.29) is 5.78 Å². The predicted molar refractivity (Wildman–Crippen MR) is 61.0 cm³/mol. The lowest BCUT2D eigenvalue weighted by atomic mass is 10.1. The molecule has 1 aliphatic rings. The Kier molecular flexibility index (Phi) is 5.23. The van der Waals surface area contributed by atoms with Gasteiger partial charge in [-0.2, -0.15) is 0 Å². The topological polar surface area (TPSA) is 26.3 Å². The van der Waals surface area contributed by atoms with Gasteiger partial charge in [0.15, 0.2) is 5.78 Å². The molecule has 0 radical (unpaired) electrons. The van der Waals surface area contributed by atoms with Crippen LogP contribution in [-0.4, -0.2) is 12.9 Å². The van der Waals surface area contributed by atoms with E-state index < -0.39 is 0 Å². The summed E-state index contributed by atoms with van der Waals surface area (Å²) in [5, 5.41) is 0. The third-order valence-corrected chi connectivity index (χ3v) is 2.08. The van der Waals surface area contributed by atoms with Gasteiger partial charge in [0.05, 0.1) is 7.11 Å². The zero-order valence-corrected chi connectivity index (χ0v) is 8.98. The normalized spacial score (nSPS) is 14.1. The van der Waals surface area contributed by atoms with E-state index in [1.807, 2.05) is 36.4 Å². The molecule has 0 heterocycles. The summed E-state index contributed by atoms with van der Waals surface area (Å²) in [5.41, 5.74) is 0. The van der Waals surface area contributed by atoms with Gasteiger partial charge < -0.3 is 4.74 Å². The molecule has 2 nitrogen and oxygen atoms in total. The van der Waals surface area contributed by atoms with E-state index in [4.69, 9.17) is 4.74 Å². The minimum Gasteiger partial charge on any atom is -0.497 e. The van der Waals surface area contributed by atoms with Gasteiger partial charge in [0.1, 0.15) is 5.75 Å². The number of allylic oxidation sites excluding steroid dienone is 2. The molecular weight excluding hydrogens is 188 g/mol. The van der Waals surface area contributed by atoms with Crippen molar-refractivity contribution < 1.29 is 9.53 Å². The number of ketones is 1. The lowest BCUT2D eigenvalue weighted by Gasteiger charge is -1.97. The van der Waals surface area contributed by atoms with Crippen molar-refractivity contribution in [1.29, 1.82) is 0 Å². The van der Waals surface area contributed by atoms with Crippen molar-refractivity contribution in [2.45, 2.75) is 19.3 Å². The maximum Gasteiger partial charge on any atom is 0.155 e. The highest BCUT2D eigenvalue weighted by molar-refractivity contribution is 5.90. The van der Waals surface area contributed by atoms with Crippen LogP contribution in [0.25, 0.3) is 0 Å². The van der Waals surface area contributed by atoms with Gasteiger partial charge in [-0.1, -0.05) is 24.3 Å². The van der Waals surface area contributed by atoms with Gasteiger partial charge in [0, 0.05) is 6.42 Å². The van der Waals surface area contributed by atoms with Crippen LogP contribution in [0.1, 0.15) is 19.3 Å². The van der Waals surface area contributed by atoms with Crippen LogP contribution in [0, 0.1) is 0 Å². The first-order valence-corrected chi connectivity index (χ1v) is 5.11. The molecule has 0 unspecified atom stereocenters. The Bertz CT molecular complexity index is 315. The second-order valence-corrected chi connectivity index (χ2v) is 3.28. The van der Waals surface area contributed by atoms with E-state index in [2.05, 4.69) is 0 Å². The van der Waals surface area contributed by atoms with Crippen LogP contribution < -0.4 is 4.74 Å². The Morgan fingerprint density at radius 1 is 1.20 bits per heavy atom. The molecule has 2 rings (SSSR count). The van der Waals surface area contributed by atoms with Gasteiger partial charge in [0.2, 0.25) is 0 Å². The summed E-state index contributed by atoms with van der Waals surface area (Å²) in [4.78, 5) is 10.4. The number of carbonyl (C=O) groups is 1. The Balaban J connectivity index is 0.000000151. The lowest BCUT2D eigenvalue weighted by Crippen LogP contribution is -1.95. The van der Waals surface area contributed by atoms with E-state index in [1.54, 1.807) is 13.2 Å². The minimum absolute atomic E-state index is 0.284. The summed E-state index contributed by atoms with van der Waals surface area (Å²) in [6, 6.07) is 9.68. The molecular formula is C13H16O2. The van der Waals surface area contributed by atoms with Crippen molar-refractivity contribution in [3.05, 3.63) is 42.5 Å². The summed E-state index contributed by atoms with van der Waals surface area (Å²) in [5.74, 6) is 1.19. The molecule has 0 aliphatic heterocycles. The van der Waals surface area contributed by atoms with Crippen LogP contribution in [0.3, 0.4) is 0 Å². The van der Waals surface area contributed by atoms with Crippen LogP contribution >= 0.6 is 0 Å². The first kappa shape index (κ1) is 11.5. The van der Waals surface area contributed by atoms with Crippen molar-refractivity contribution in [2.24, 2.45) is 0 Å². The SMILES string of the molecule is COc1ccccc1.O=C1C=CCCC1. The third kappa shape index (κ3) is 5.01. The number of hydrogen-bond acceptors (Lipinski definition) is 2. The standard InChI is InChI=1S/C7H8O.C6H8O/c1-8-7-5-3-2-4-6-7;7-6-4-2-1-3-5-6/h2-6H,1H3;2,4H,1,3,5H2. The monoisotopic (exact) mass is 204 g/mol. The van der Waals surface area contributed by atoms with E-state index in [0.717, 1.165) is 25.0 Å². The highest BCUT2D eigenvalue weighted by atomic mass is 16.5. The minimum atomic E-state index is 0.284. The van der Waals surface area contributed by atoms with Crippen LogP contribution in [0.4, 0.5) is 0 Å².